The van der Waals surface area contributed by atoms with Crippen LogP contribution in [-0.4, -0.2) is 32.1 Å². The van der Waals surface area contributed by atoms with Gasteiger partial charge in [-0.3, -0.25) is 4.79 Å². The number of benzene rings is 3. The maximum absolute atomic E-state index is 14.0. The summed E-state index contributed by atoms with van der Waals surface area (Å²) in [5.41, 5.74) is -0.980. The van der Waals surface area contributed by atoms with E-state index in [0.717, 1.165) is 30.0 Å². The van der Waals surface area contributed by atoms with Gasteiger partial charge in [0.25, 0.3) is 5.78 Å². The lowest BCUT2D eigenvalue weighted by molar-refractivity contribution is -0.135. The molecule has 7 heteroatoms. The summed E-state index contributed by atoms with van der Waals surface area (Å²) in [6.45, 7) is 0.167. The number of Topliss-reactive ketones (excluding diaryl/α,β-unsaturated/α-hetero) is 1. The van der Waals surface area contributed by atoms with Crippen LogP contribution in [0.15, 0.2) is 54.6 Å². The van der Waals surface area contributed by atoms with Crippen molar-refractivity contribution in [2.75, 3.05) is 20.3 Å². The van der Waals surface area contributed by atoms with Crippen molar-refractivity contribution in [3.63, 3.8) is 0 Å². The molecule has 0 bridgehead atoms. The second-order valence-corrected chi connectivity index (χ2v) is 5.79. The van der Waals surface area contributed by atoms with Crippen LogP contribution in [0.3, 0.4) is 0 Å². The molecule has 28 heavy (non-hydrogen) atoms. The van der Waals surface area contributed by atoms with Crippen LogP contribution >= 0.6 is 0 Å². The predicted molar refractivity (Wildman–Crippen MR) is 97.6 cm³/mol. The van der Waals surface area contributed by atoms with Crippen LogP contribution in [0.1, 0.15) is 10.4 Å². The molecule has 0 aliphatic heterocycles. The van der Waals surface area contributed by atoms with E-state index in [1.54, 1.807) is 0 Å². The number of fused-ring (bicyclic) bond motifs is 1. The summed E-state index contributed by atoms with van der Waals surface area (Å²) in [7, 11) is 0.947. The molecule has 0 aliphatic carbocycles. The maximum atomic E-state index is 14.0. The number of rotatable bonds is 7. The maximum Gasteiger partial charge on any atom is 0.379 e. The standard InChI is InChI=1S/C21H16F2O5/c1-26-21(25)20(24)19-17(22)11-16(12-18(19)23)28-9-8-27-15-7-6-13-4-2-3-5-14(13)10-15/h2-7,10-12H,8-9H2,1H3. The second-order valence-electron chi connectivity index (χ2n) is 5.79. The van der Waals surface area contributed by atoms with Crippen molar-refractivity contribution in [1.82, 2.24) is 0 Å². The van der Waals surface area contributed by atoms with Gasteiger partial charge in [-0.1, -0.05) is 30.3 Å². The number of carbonyl (C=O) groups is 2. The van der Waals surface area contributed by atoms with Gasteiger partial charge in [0, 0.05) is 12.1 Å². The fourth-order valence-corrected chi connectivity index (χ4v) is 2.62. The topological polar surface area (TPSA) is 61.8 Å². The Morgan fingerprint density at radius 3 is 2.07 bits per heavy atom. The highest BCUT2D eigenvalue weighted by Gasteiger charge is 2.25. The highest BCUT2D eigenvalue weighted by atomic mass is 19.1. The molecule has 0 fully saturated rings. The summed E-state index contributed by atoms with van der Waals surface area (Å²) in [6, 6.07) is 15.1. The molecular weight excluding hydrogens is 370 g/mol. The van der Waals surface area contributed by atoms with Gasteiger partial charge in [0.05, 0.1) is 7.11 Å². The molecule has 0 saturated carbocycles. The number of methoxy groups -OCH3 is 1. The number of hydrogen-bond acceptors (Lipinski definition) is 5. The summed E-state index contributed by atoms with van der Waals surface area (Å²) < 4.78 is 43.0. The number of halogens is 2. The van der Waals surface area contributed by atoms with Gasteiger partial charge in [-0.2, -0.15) is 0 Å². The smallest absolute Gasteiger partial charge is 0.379 e. The summed E-state index contributed by atoms with van der Waals surface area (Å²) in [5.74, 6) is -4.65. The third-order valence-electron chi connectivity index (χ3n) is 3.96. The first-order valence-electron chi connectivity index (χ1n) is 8.35. The zero-order valence-corrected chi connectivity index (χ0v) is 14.9. The number of carbonyl (C=O) groups excluding carboxylic acids is 2. The molecule has 3 aromatic carbocycles. The summed E-state index contributed by atoms with van der Waals surface area (Å²) in [5, 5.41) is 2.11. The first-order valence-corrected chi connectivity index (χ1v) is 8.35. The van der Waals surface area contributed by atoms with Crippen molar-refractivity contribution >= 4 is 22.5 Å². The molecule has 3 aromatic rings. The highest BCUT2D eigenvalue weighted by molar-refractivity contribution is 6.40. The lowest BCUT2D eigenvalue weighted by Gasteiger charge is -2.10. The van der Waals surface area contributed by atoms with Gasteiger partial charge in [-0.25, -0.2) is 13.6 Å². The van der Waals surface area contributed by atoms with E-state index in [1.165, 1.54) is 0 Å². The van der Waals surface area contributed by atoms with Crippen molar-refractivity contribution in [1.29, 1.82) is 0 Å². The zero-order valence-electron chi connectivity index (χ0n) is 14.9. The van der Waals surface area contributed by atoms with E-state index < -0.39 is 29.0 Å². The van der Waals surface area contributed by atoms with Crippen molar-refractivity contribution < 1.29 is 32.6 Å². The molecule has 0 amide bonds. The quantitative estimate of drug-likeness (QED) is 0.266. The fraction of sp³-hybridized carbons (Fsp3) is 0.143. The van der Waals surface area contributed by atoms with Crippen molar-refractivity contribution in [2.24, 2.45) is 0 Å². The molecule has 0 atom stereocenters. The van der Waals surface area contributed by atoms with Gasteiger partial charge in [-0.15, -0.1) is 0 Å². The van der Waals surface area contributed by atoms with E-state index in [9.17, 15) is 18.4 Å². The van der Waals surface area contributed by atoms with Crippen LogP contribution in [0.25, 0.3) is 10.8 Å². The Morgan fingerprint density at radius 1 is 0.821 bits per heavy atom. The largest absolute Gasteiger partial charge is 0.490 e. The van der Waals surface area contributed by atoms with E-state index in [0.29, 0.717) is 5.75 Å². The van der Waals surface area contributed by atoms with E-state index in [-0.39, 0.29) is 19.0 Å². The van der Waals surface area contributed by atoms with Crippen LogP contribution in [-0.2, 0) is 9.53 Å². The Balaban J connectivity index is 1.60. The van der Waals surface area contributed by atoms with Crippen LogP contribution < -0.4 is 9.47 Å². The summed E-state index contributed by atoms with van der Waals surface area (Å²) in [4.78, 5) is 22.8. The van der Waals surface area contributed by atoms with Crippen LogP contribution in [0.5, 0.6) is 11.5 Å². The minimum atomic E-state index is -1.40. The average Bonchev–Trinajstić information content (AvgIpc) is 2.69. The van der Waals surface area contributed by atoms with E-state index >= 15 is 0 Å². The third-order valence-corrected chi connectivity index (χ3v) is 3.96. The van der Waals surface area contributed by atoms with E-state index in [1.807, 2.05) is 42.5 Å². The Kier molecular flexibility index (Phi) is 5.84. The second kappa shape index (κ2) is 8.47. The van der Waals surface area contributed by atoms with Crippen LogP contribution in [0, 0.1) is 11.6 Å². The van der Waals surface area contributed by atoms with E-state index in [4.69, 9.17) is 9.47 Å². The van der Waals surface area contributed by atoms with Crippen LogP contribution in [0.4, 0.5) is 8.78 Å². The zero-order chi connectivity index (χ0) is 20.1. The summed E-state index contributed by atoms with van der Waals surface area (Å²) in [6.07, 6.45) is 0. The Bertz CT molecular complexity index is 1010. The Labute approximate surface area is 159 Å². The van der Waals surface area contributed by atoms with Gasteiger partial charge < -0.3 is 14.2 Å². The molecule has 5 nitrogen and oxygen atoms in total. The van der Waals surface area contributed by atoms with Gasteiger partial charge in [-0.05, 0) is 22.9 Å². The third kappa shape index (κ3) is 4.25. The SMILES string of the molecule is COC(=O)C(=O)c1c(F)cc(OCCOc2ccc3ccccc3c2)cc1F. The number of ether oxygens (including phenoxy) is 3. The van der Waals surface area contributed by atoms with Gasteiger partial charge in [0.1, 0.15) is 41.9 Å². The fourth-order valence-electron chi connectivity index (χ4n) is 2.62. The normalized spacial score (nSPS) is 10.5. The minimum Gasteiger partial charge on any atom is -0.490 e. The molecule has 0 spiro atoms. The Morgan fingerprint density at radius 2 is 1.43 bits per heavy atom. The molecule has 0 N–H and O–H groups in total. The van der Waals surface area contributed by atoms with Crippen LogP contribution in [0.2, 0.25) is 0 Å². The molecule has 0 heterocycles. The molecule has 3 rings (SSSR count). The van der Waals surface area contributed by atoms with Gasteiger partial charge in [0.2, 0.25) is 0 Å². The number of esters is 1. The first kappa shape index (κ1) is 19.3. The molecule has 0 radical (unpaired) electrons. The van der Waals surface area contributed by atoms with Crippen molar-refractivity contribution in [3.8, 4) is 11.5 Å². The first-order chi connectivity index (χ1) is 13.5. The lowest BCUT2D eigenvalue weighted by atomic mass is 10.1. The predicted octanol–water partition coefficient (Wildman–Crippen LogP) is 3.93. The highest BCUT2D eigenvalue weighted by Crippen LogP contribution is 2.23. The molecule has 0 unspecified atom stereocenters. The molecule has 0 saturated heterocycles. The average molecular weight is 386 g/mol. The Hall–Kier alpha value is -3.48. The molecule has 0 aromatic heterocycles. The monoisotopic (exact) mass is 386 g/mol. The lowest BCUT2D eigenvalue weighted by Crippen LogP contribution is -2.19. The molecular formula is C21H16F2O5. The number of hydrogen-bond donors (Lipinski definition) is 0. The van der Waals surface area contributed by atoms with Gasteiger partial charge >= 0.3 is 5.97 Å². The van der Waals surface area contributed by atoms with Crippen molar-refractivity contribution in [3.05, 3.63) is 71.8 Å². The molecule has 0 aliphatic rings. The molecule has 144 valence electrons. The van der Waals surface area contributed by atoms with E-state index in [2.05, 4.69) is 4.74 Å². The van der Waals surface area contributed by atoms with Gasteiger partial charge in [0.15, 0.2) is 0 Å². The number of ketones is 1. The summed E-state index contributed by atoms with van der Waals surface area (Å²) >= 11 is 0. The van der Waals surface area contributed by atoms with Crippen molar-refractivity contribution in [2.45, 2.75) is 0 Å². The minimum absolute atomic E-state index is 0.0238.